The molecule has 3 saturated carbocycles. The fraction of sp³-hybridized carbons (Fsp3) is 0.600. The van der Waals surface area contributed by atoms with Crippen LogP contribution < -0.4 is 27.0 Å². The van der Waals surface area contributed by atoms with Crippen LogP contribution in [0.1, 0.15) is 55.5 Å². The van der Waals surface area contributed by atoms with Gasteiger partial charge in [-0.1, -0.05) is 19.9 Å². The number of anilines is 4. The van der Waals surface area contributed by atoms with E-state index in [1.807, 2.05) is 13.0 Å². The molecule has 34 heavy (non-hydrogen) atoms. The summed E-state index contributed by atoms with van der Waals surface area (Å²) in [6, 6.07) is 5.61. The summed E-state index contributed by atoms with van der Waals surface area (Å²) in [4.78, 5) is 25.6. The molecule has 1 aromatic heterocycles. The van der Waals surface area contributed by atoms with Gasteiger partial charge in [0, 0.05) is 30.4 Å². The predicted molar refractivity (Wildman–Crippen MR) is 134 cm³/mol. The highest BCUT2D eigenvalue weighted by Gasteiger charge is 2.53. The summed E-state index contributed by atoms with van der Waals surface area (Å²) in [6.45, 7) is 9.54. The third kappa shape index (κ3) is 4.53. The van der Waals surface area contributed by atoms with Gasteiger partial charge in [-0.05, 0) is 80.0 Å². The molecule has 1 saturated heterocycles. The molecular formula is C25H36N8O. The summed E-state index contributed by atoms with van der Waals surface area (Å²) in [6.07, 6.45) is 4.95. The Balaban J connectivity index is 1.36. The number of nitrogens with zero attached hydrogens (tertiary/aromatic N) is 3. The molecular weight excluding hydrogens is 428 g/mol. The number of aryl methyl sites for hydroxylation is 1. The van der Waals surface area contributed by atoms with Gasteiger partial charge in [-0.25, -0.2) is 0 Å². The Bertz CT molecular complexity index is 1060. The number of fused-ring (bicyclic) bond motifs is 2. The van der Waals surface area contributed by atoms with Crippen LogP contribution in [-0.4, -0.2) is 46.5 Å². The van der Waals surface area contributed by atoms with Crippen LogP contribution in [0.3, 0.4) is 0 Å². The second kappa shape index (κ2) is 9.02. The summed E-state index contributed by atoms with van der Waals surface area (Å²) in [7, 11) is 0. The van der Waals surface area contributed by atoms with E-state index in [0.29, 0.717) is 34.7 Å². The lowest BCUT2D eigenvalue weighted by Crippen LogP contribution is -2.53. The number of aromatic nitrogens is 3. The van der Waals surface area contributed by atoms with E-state index in [0.717, 1.165) is 49.1 Å². The van der Waals surface area contributed by atoms with Crippen LogP contribution >= 0.6 is 0 Å². The van der Waals surface area contributed by atoms with Crippen LogP contribution in [0, 0.1) is 30.1 Å². The normalized spacial score (nSPS) is 27.0. The van der Waals surface area contributed by atoms with Crippen molar-refractivity contribution < 1.29 is 4.79 Å². The molecule has 0 spiro atoms. The first kappa shape index (κ1) is 22.8. The Morgan fingerprint density at radius 2 is 1.94 bits per heavy atom. The summed E-state index contributed by atoms with van der Waals surface area (Å²) >= 11 is 0. The zero-order chi connectivity index (χ0) is 23.9. The van der Waals surface area contributed by atoms with Gasteiger partial charge in [0.15, 0.2) is 0 Å². The number of nitrogens with one attached hydrogen (secondary N) is 4. The number of nitrogens with two attached hydrogens (primary N) is 1. The zero-order valence-corrected chi connectivity index (χ0v) is 20.3. The molecule has 9 nitrogen and oxygen atoms in total. The maximum Gasteiger partial charge on any atom is 0.248 e. The maximum absolute atomic E-state index is 11.7. The molecule has 0 radical (unpaired) electrons. The van der Waals surface area contributed by atoms with Crippen LogP contribution in [0.5, 0.6) is 0 Å². The van der Waals surface area contributed by atoms with Gasteiger partial charge in [0.05, 0.1) is 0 Å². The van der Waals surface area contributed by atoms with Crippen LogP contribution in [0.4, 0.5) is 23.5 Å². The topological polar surface area (TPSA) is 130 Å². The number of hydrogen-bond donors (Lipinski definition) is 5. The second-order valence-electron chi connectivity index (χ2n) is 10.7. The lowest BCUT2D eigenvalue weighted by atomic mass is 9.45. The minimum Gasteiger partial charge on any atom is -0.366 e. The van der Waals surface area contributed by atoms with Gasteiger partial charge < -0.3 is 27.0 Å². The minimum absolute atomic E-state index is 0.286. The van der Waals surface area contributed by atoms with E-state index in [1.165, 1.54) is 19.3 Å². The third-order valence-corrected chi connectivity index (χ3v) is 8.32. The van der Waals surface area contributed by atoms with Crippen molar-refractivity contribution >= 4 is 29.4 Å². The fourth-order valence-electron chi connectivity index (χ4n) is 6.00. The third-order valence-electron chi connectivity index (χ3n) is 8.32. The van der Waals surface area contributed by atoms with Gasteiger partial charge in [0.2, 0.25) is 23.8 Å². The Labute approximate surface area is 201 Å². The van der Waals surface area contributed by atoms with Crippen LogP contribution in [0.2, 0.25) is 0 Å². The van der Waals surface area contributed by atoms with Crippen molar-refractivity contribution in [3.63, 3.8) is 0 Å². The number of rotatable bonds is 8. The number of hydrogen-bond acceptors (Lipinski definition) is 8. The molecule has 4 atom stereocenters. The zero-order valence-electron chi connectivity index (χ0n) is 20.3. The van der Waals surface area contributed by atoms with Gasteiger partial charge in [0.25, 0.3) is 0 Å². The minimum atomic E-state index is -0.467. The van der Waals surface area contributed by atoms with E-state index in [4.69, 9.17) is 5.73 Å². The number of primary amides is 1. The van der Waals surface area contributed by atoms with E-state index in [1.54, 1.807) is 12.1 Å². The van der Waals surface area contributed by atoms with Gasteiger partial charge in [-0.3, -0.25) is 4.79 Å². The second-order valence-corrected chi connectivity index (χ2v) is 10.7. The van der Waals surface area contributed by atoms with Crippen molar-refractivity contribution in [1.82, 2.24) is 20.3 Å². The molecule has 182 valence electrons. The Hall–Kier alpha value is -2.94. The summed E-state index contributed by atoms with van der Waals surface area (Å²) in [5.74, 6) is 3.36. The van der Waals surface area contributed by atoms with Crippen molar-refractivity contribution in [2.45, 2.75) is 52.5 Å². The van der Waals surface area contributed by atoms with Crippen LogP contribution in [0.25, 0.3) is 0 Å². The lowest BCUT2D eigenvalue weighted by molar-refractivity contribution is -0.100. The first-order valence-electron chi connectivity index (χ1n) is 12.4. The average Bonchev–Trinajstić information content (AvgIpc) is 3.32. The predicted octanol–water partition coefficient (Wildman–Crippen LogP) is 3.28. The van der Waals surface area contributed by atoms with Gasteiger partial charge in [-0.2, -0.15) is 15.0 Å². The van der Waals surface area contributed by atoms with E-state index in [-0.39, 0.29) is 6.04 Å². The highest BCUT2D eigenvalue weighted by atomic mass is 16.1. The Kier molecular flexibility index (Phi) is 6.06. The molecule has 1 aromatic carbocycles. The molecule has 1 aliphatic heterocycles. The molecule has 2 heterocycles. The summed E-state index contributed by atoms with van der Waals surface area (Å²) < 4.78 is 0. The largest absolute Gasteiger partial charge is 0.366 e. The Morgan fingerprint density at radius 1 is 1.15 bits per heavy atom. The molecule has 9 heteroatoms. The lowest BCUT2D eigenvalue weighted by Gasteiger charge is -2.60. The highest BCUT2D eigenvalue weighted by molar-refractivity contribution is 5.94. The summed E-state index contributed by atoms with van der Waals surface area (Å²) in [5, 5.41) is 13.6. The molecule has 1 amide bonds. The first-order valence-corrected chi connectivity index (χ1v) is 12.4. The fourth-order valence-corrected chi connectivity index (χ4v) is 6.00. The van der Waals surface area contributed by atoms with E-state index < -0.39 is 5.91 Å². The molecule has 0 unspecified atom stereocenters. The van der Waals surface area contributed by atoms with Crippen molar-refractivity contribution in [3.05, 3.63) is 29.3 Å². The van der Waals surface area contributed by atoms with Crippen LogP contribution in [0.15, 0.2) is 18.2 Å². The number of carbonyl (C=O) groups excluding carboxylic acids is 1. The molecule has 6 rings (SSSR count). The van der Waals surface area contributed by atoms with Gasteiger partial charge >= 0.3 is 0 Å². The quantitative estimate of drug-likeness (QED) is 0.402. The summed E-state index contributed by atoms with van der Waals surface area (Å²) in [5.41, 5.74) is 8.08. The van der Waals surface area contributed by atoms with Crippen molar-refractivity contribution in [2.24, 2.45) is 28.9 Å². The first-order chi connectivity index (χ1) is 16.3. The molecule has 2 aromatic rings. The number of amides is 1. The molecule has 2 bridgehead atoms. The molecule has 6 N–H and O–H groups in total. The van der Waals surface area contributed by atoms with Crippen molar-refractivity contribution in [2.75, 3.05) is 35.6 Å². The maximum atomic E-state index is 11.7. The van der Waals surface area contributed by atoms with Crippen molar-refractivity contribution in [1.29, 1.82) is 0 Å². The smallest absolute Gasteiger partial charge is 0.248 e. The number of benzene rings is 1. The highest BCUT2D eigenvalue weighted by Crippen LogP contribution is 2.61. The molecule has 4 fully saturated rings. The Morgan fingerprint density at radius 3 is 2.65 bits per heavy atom. The SMILES string of the molecule is Cc1ccc(C(N)=O)cc1Nc1nc(NC[C@@H]2CC[C@H]3C[C@H]2C3(C)C)nc(N[C@H]2CCNC2)n1. The van der Waals surface area contributed by atoms with E-state index >= 15 is 0 Å². The van der Waals surface area contributed by atoms with E-state index in [9.17, 15) is 4.79 Å². The molecule has 4 aliphatic rings. The van der Waals surface area contributed by atoms with Gasteiger partial charge in [0.1, 0.15) is 0 Å². The van der Waals surface area contributed by atoms with Gasteiger partial charge in [-0.15, -0.1) is 0 Å². The van der Waals surface area contributed by atoms with Crippen molar-refractivity contribution in [3.8, 4) is 0 Å². The molecule has 3 aliphatic carbocycles. The number of carbonyl (C=O) groups is 1. The van der Waals surface area contributed by atoms with E-state index in [2.05, 4.69) is 50.1 Å². The standard InChI is InChI=1S/C25H36N8O/c1-14-4-5-15(21(26)34)10-20(14)30-24-32-22(31-23(33-24)29-18-8-9-27-13-18)28-12-16-6-7-17-11-19(16)25(17,2)3/h4-5,10,16-19,27H,6-9,11-13H2,1-3H3,(H2,26,34)(H3,28,29,30,31,32,33)/t16-,17-,18-,19+/m0/s1. The monoisotopic (exact) mass is 464 g/mol. The average molecular weight is 465 g/mol. The van der Waals surface area contributed by atoms with Crippen LogP contribution in [-0.2, 0) is 0 Å².